The molecule has 1 aromatic heterocycles. The van der Waals surface area contributed by atoms with E-state index >= 15 is 0 Å². The molecule has 0 aliphatic carbocycles. The summed E-state index contributed by atoms with van der Waals surface area (Å²) in [6.07, 6.45) is 3.56. The van der Waals surface area contributed by atoms with Crippen LogP contribution in [0.1, 0.15) is 18.4 Å². The Morgan fingerprint density at radius 2 is 1.96 bits per heavy atom. The highest BCUT2D eigenvalue weighted by atomic mass is 16.6. The number of ether oxygens (including phenoxy) is 1. The van der Waals surface area contributed by atoms with Gasteiger partial charge in [0.05, 0.1) is 12.0 Å². The first-order chi connectivity index (χ1) is 12.6. The molecule has 26 heavy (non-hydrogen) atoms. The van der Waals surface area contributed by atoms with E-state index < -0.39 is 4.92 Å². The van der Waals surface area contributed by atoms with Crippen LogP contribution < -0.4 is 10.1 Å². The van der Waals surface area contributed by atoms with E-state index in [0.29, 0.717) is 11.7 Å². The lowest BCUT2D eigenvalue weighted by Crippen LogP contribution is -2.35. The van der Waals surface area contributed by atoms with Crippen LogP contribution in [0, 0.1) is 16.0 Å². The molecule has 0 bridgehead atoms. The Morgan fingerprint density at radius 3 is 2.54 bits per heavy atom. The summed E-state index contributed by atoms with van der Waals surface area (Å²) in [7, 11) is 1.68. The Balaban J connectivity index is 1.41. The van der Waals surface area contributed by atoms with E-state index in [1.54, 1.807) is 13.2 Å². The standard InChI is InChI=1S/C19H24N4O3/c1-26-18-5-2-16(3-6-18)14-22-10-8-15(9-11-22)12-20-19-7-4-17(13-21-19)23(24)25/h2-7,13,15H,8-12,14H2,1H3,(H,20,21). The minimum absolute atomic E-state index is 0.0161. The highest BCUT2D eigenvalue weighted by molar-refractivity contribution is 5.40. The number of pyridine rings is 1. The Labute approximate surface area is 153 Å². The van der Waals surface area contributed by atoms with Crippen LogP contribution in [0.3, 0.4) is 0 Å². The molecule has 1 saturated heterocycles. The van der Waals surface area contributed by atoms with E-state index in [9.17, 15) is 10.1 Å². The maximum absolute atomic E-state index is 10.6. The summed E-state index contributed by atoms with van der Waals surface area (Å²) in [4.78, 5) is 16.8. The quantitative estimate of drug-likeness (QED) is 0.605. The summed E-state index contributed by atoms with van der Waals surface area (Å²) in [5.74, 6) is 2.17. The summed E-state index contributed by atoms with van der Waals surface area (Å²) in [5.41, 5.74) is 1.32. The third-order valence-electron chi connectivity index (χ3n) is 4.80. The van der Waals surface area contributed by atoms with Crippen LogP contribution in [0.25, 0.3) is 0 Å². The number of benzene rings is 1. The highest BCUT2D eigenvalue weighted by Gasteiger charge is 2.19. The van der Waals surface area contributed by atoms with Crippen molar-refractivity contribution >= 4 is 11.5 Å². The third kappa shape index (κ3) is 4.92. The van der Waals surface area contributed by atoms with Crippen LogP contribution in [0.4, 0.5) is 11.5 Å². The molecule has 0 unspecified atom stereocenters. The monoisotopic (exact) mass is 356 g/mol. The summed E-state index contributed by atoms with van der Waals surface area (Å²) in [6, 6.07) is 11.4. The van der Waals surface area contributed by atoms with Crippen LogP contribution in [0.15, 0.2) is 42.6 Å². The Morgan fingerprint density at radius 1 is 1.23 bits per heavy atom. The molecule has 1 aliphatic rings. The van der Waals surface area contributed by atoms with Crippen LogP contribution in [-0.4, -0.2) is 41.6 Å². The average molecular weight is 356 g/mol. The fourth-order valence-corrected chi connectivity index (χ4v) is 3.19. The van der Waals surface area contributed by atoms with Gasteiger partial charge in [0.15, 0.2) is 0 Å². The molecule has 1 fully saturated rings. The molecule has 0 amide bonds. The molecule has 1 aromatic carbocycles. The lowest BCUT2D eigenvalue weighted by Gasteiger charge is -2.32. The molecule has 3 rings (SSSR count). The molecule has 0 saturated carbocycles. The number of aromatic nitrogens is 1. The zero-order valence-corrected chi connectivity index (χ0v) is 14.9. The number of anilines is 1. The maximum Gasteiger partial charge on any atom is 0.287 e. The summed E-state index contributed by atoms with van der Waals surface area (Å²) in [5, 5.41) is 13.9. The van der Waals surface area contributed by atoms with Crippen molar-refractivity contribution in [1.29, 1.82) is 0 Å². The van der Waals surface area contributed by atoms with Crippen molar-refractivity contribution in [2.75, 3.05) is 32.1 Å². The van der Waals surface area contributed by atoms with Gasteiger partial charge in [-0.15, -0.1) is 0 Å². The van der Waals surface area contributed by atoms with Gasteiger partial charge in [0.1, 0.15) is 17.8 Å². The minimum atomic E-state index is -0.435. The van der Waals surface area contributed by atoms with Crippen LogP contribution in [0.2, 0.25) is 0 Å². The van der Waals surface area contributed by atoms with Gasteiger partial charge in [-0.25, -0.2) is 4.98 Å². The number of nitro groups is 1. The smallest absolute Gasteiger partial charge is 0.287 e. The summed E-state index contributed by atoms with van der Waals surface area (Å²) in [6.45, 7) is 3.97. The van der Waals surface area contributed by atoms with Gasteiger partial charge >= 0.3 is 0 Å². The number of hydrogen-bond donors (Lipinski definition) is 1. The van der Waals surface area contributed by atoms with Gasteiger partial charge < -0.3 is 10.1 Å². The first kappa shape index (κ1) is 18.1. The van der Waals surface area contributed by atoms with Gasteiger partial charge in [0, 0.05) is 19.2 Å². The largest absolute Gasteiger partial charge is 0.497 e. The fraction of sp³-hybridized carbons (Fsp3) is 0.421. The van der Waals surface area contributed by atoms with Crippen molar-refractivity contribution in [2.24, 2.45) is 5.92 Å². The Kier molecular flexibility index (Phi) is 6.01. The Bertz CT molecular complexity index is 711. The lowest BCUT2D eigenvalue weighted by atomic mass is 9.96. The molecule has 1 N–H and O–H groups in total. The normalized spacial score (nSPS) is 15.6. The molecule has 0 spiro atoms. The van der Waals surface area contributed by atoms with Crippen LogP contribution in [-0.2, 0) is 6.54 Å². The molecular weight excluding hydrogens is 332 g/mol. The van der Waals surface area contributed by atoms with Gasteiger partial charge in [-0.05, 0) is 55.6 Å². The van der Waals surface area contributed by atoms with Crippen LogP contribution >= 0.6 is 0 Å². The number of nitrogens with zero attached hydrogens (tertiary/aromatic N) is 3. The zero-order valence-electron chi connectivity index (χ0n) is 14.9. The molecular formula is C19H24N4O3. The van der Waals surface area contributed by atoms with E-state index in [-0.39, 0.29) is 5.69 Å². The van der Waals surface area contributed by atoms with Crippen molar-refractivity contribution in [3.63, 3.8) is 0 Å². The van der Waals surface area contributed by atoms with Gasteiger partial charge in [0.2, 0.25) is 0 Å². The van der Waals surface area contributed by atoms with E-state index in [1.165, 1.54) is 17.8 Å². The maximum atomic E-state index is 10.6. The molecule has 7 heteroatoms. The first-order valence-corrected chi connectivity index (χ1v) is 8.83. The predicted molar refractivity (Wildman–Crippen MR) is 100 cm³/mol. The van der Waals surface area contributed by atoms with E-state index in [0.717, 1.165) is 44.8 Å². The molecule has 0 radical (unpaired) electrons. The summed E-state index contributed by atoms with van der Waals surface area (Å²) >= 11 is 0. The zero-order chi connectivity index (χ0) is 18.4. The van der Waals surface area contributed by atoms with Gasteiger partial charge in [-0.3, -0.25) is 15.0 Å². The minimum Gasteiger partial charge on any atom is -0.497 e. The molecule has 0 atom stereocenters. The van der Waals surface area contributed by atoms with E-state index in [2.05, 4.69) is 27.3 Å². The first-order valence-electron chi connectivity index (χ1n) is 8.83. The molecule has 138 valence electrons. The number of hydrogen-bond acceptors (Lipinski definition) is 6. The number of likely N-dealkylation sites (tertiary alicyclic amines) is 1. The second-order valence-electron chi connectivity index (χ2n) is 6.61. The number of piperidine rings is 1. The van der Waals surface area contributed by atoms with Gasteiger partial charge in [-0.2, -0.15) is 0 Å². The van der Waals surface area contributed by atoms with Gasteiger partial charge in [-0.1, -0.05) is 12.1 Å². The van der Waals surface area contributed by atoms with Crippen molar-refractivity contribution < 1.29 is 9.66 Å². The predicted octanol–water partition coefficient (Wildman–Crippen LogP) is 3.32. The Hall–Kier alpha value is -2.67. The number of nitrogens with one attached hydrogen (secondary N) is 1. The fourth-order valence-electron chi connectivity index (χ4n) is 3.19. The second-order valence-corrected chi connectivity index (χ2v) is 6.61. The lowest BCUT2D eigenvalue weighted by molar-refractivity contribution is -0.385. The van der Waals surface area contributed by atoms with Crippen molar-refractivity contribution in [2.45, 2.75) is 19.4 Å². The highest BCUT2D eigenvalue weighted by Crippen LogP contribution is 2.21. The van der Waals surface area contributed by atoms with Crippen molar-refractivity contribution in [1.82, 2.24) is 9.88 Å². The molecule has 2 aromatic rings. The number of methoxy groups -OCH3 is 1. The SMILES string of the molecule is COc1ccc(CN2CCC(CNc3ccc([N+](=O)[O-])cn3)CC2)cc1. The topological polar surface area (TPSA) is 80.5 Å². The van der Waals surface area contributed by atoms with E-state index in [1.807, 2.05) is 12.1 Å². The molecule has 7 nitrogen and oxygen atoms in total. The van der Waals surface area contributed by atoms with Crippen molar-refractivity contribution in [3.8, 4) is 5.75 Å². The van der Waals surface area contributed by atoms with E-state index in [4.69, 9.17) is 4.74 Å². The third-order valence-corrected chi connectivity index (χ3v) is 4.80. The van der Waals surface area contributed by atoms with Gasteiger partial charge in [0.25, 0.3) is 5.69 Å². The van der Waals surface area contributed by atoms with Crippen molar-refractivity contribution in [3.05, 3.63) is 58.3 Å². The molecule has 1 aliphatic heterocycles. The summed E-state index contributed by atoms with van der Waals surface area (Å²) < 4.78 is 5.20. The second kappa shape index (κ2) is 8.62. The molecule has 2 heterocycles. The van der Waals surface area contributed by atoms with Crippen LogP contribution in [0.5, 0.6) is 5.75 Å². The number of rotatable bonds is 7. The average Bonchev–Trinajstić information content (AvgIpc) is 2.68.